The minimum absolute atomic E-state index is 0.104. The largest absolute Gasteiger partial charge is 0.327 e. The number of nitrogens with zero attached hydrogens (tertiary/aromatic N) is 2. The third kappa shape index (κ3) is 5.21. The predicted octanol–water partition coefficient (Wildman–Crippen LogP) is 2.73. The van der Waals surface area contributed by atoms with Crippen LogP contribution in [0.5, 0.6) is 0 Å². The fraction of sp³-hybridized carbons (Fsp3) is 0.333. The molecule has 0 fully saturated rings. The van der Waals surface area contributed by atoms with Gasteiger partial charge in [-0.25, -0.2) is 12.7 Å². The van der Waals surface area contributed by atoms with Gasteiger partial charge in [-0.1, -0.05) is 17.7 Å². The standard InChI is InChI=1S/C21H27N3O4S/c1-6-24(16(3)20(25)22-18-11-7-15(2)8-12-18)21(26)17-9-13-19(14-10-17)29(27,28)23(4)5/h7-14,16H,6H2,1-5H3,(H,22,25)/t16-/m1/s1. The minimum Gasteiger partial charge on any atom is -0.327 e. The molecule has 0 saturated carbocycles. The van der Waals surface area contributed by atoms with Gasteiger partial charge in [0.05, 0.1) is 4.90 Å². The highest BCUT2D eigenvalue weighted by atomic mass is 32.2. The van der Waals surface area contributed by atoms with Gasteiger partial charge in [0.2, 0.25) is 15.9 Å². The van der Waals surface area contributed by atoms with Crippen molar-refractivity contribution in [1.29, 1.82) is 0 Å². The van der Waals surface area contributed by atoms with E-state index in [0.29, 0.717) is 17.8 Å². The molecule has 0 radical (unpaired) electrons. The topological polar surface area (TPSA) is 86.8 Å². The number of amides is 2. The summed E-state index contributed by atoms with van der Waals surface area (Å²) in [5, 5.41) is 2.81. The van der Waals surface area contributed by atoms with Gasteiger partial charge in [-0.15, -0.1) is 0 Å². The summed E-state index contributed by atoms with van der Waals surface area (Å²) in [5.41, 5.74) is 2.06. The second kappa shape index (κ2) is 9.19. The van der Waals surface area contributed by atoms with Crippen molar-refractivity contribution in [2.24, 2.45) is 0 Å². The molecule has 29 heavy (non-hydrogen) atoms. The zero-order valence-electron chi connectivity index (χ0n) is 17.3. The third-order valence-electron chi connectivity index (χ3n) is 4.65. The van der Waals surface area contributed by atoms with E-state index in [1.807, 2.05) is 31.2 Å². The number of carbonyl (C=O) groups is 2. The fourth-order valence-electron chi connectivity index (χ4n) is 2.76. The predicted molar refractivity (Wildman–Crippen MR) is 113 cm³/mol. The van der Waals surface area contributed by atoms with Crippen molar-refractivity contribution in [3.05, 3.63) is 59.7 Å². The van der Waals surface area contributed by atoms with Crippen LogP contribution in [0.1, 0.15) is 29.8 Å². The molecule has 0 aromatic heterocycles. The van der Waals surface area contributed by atoms with Crippen molar-refractivity contribution >= 4 is 27.5 Å². The first kappa shape index (κ1) is 22.6. The molecule has 7 nitrogen and oxygen atoms in total. The van der Waals surface area contributed by atoms with Crippen LogP contribution >= 0.6 is 0 Å². The Balaban J connectivity index is 2.16. The van der Waals surface area contributed by atoms with E-state index in [9.17, 15) is 18.0 Å². The maximum absolute atomic E-state index is 12.9. The van der Waals surface area contributed by atoms with E-state index in [1.54, 1.807) is 13.8 Å². The quantitative estimate of drug-likeness (QED) is 0.750. The van der Waals surface area contributed by atoms with Gasteiger partial charge in [0, 0.05) is 31.9 Å². The summed E-state index contributed by atoms with van der Waals surface area (Å²) in [6.07, 6.45) is 0. The second-order valence-electron chi connectivity index (χ2n) is 6.93. The van der Waals surface area contributed by atoms with Crippen LogP contribution in [-0.2, 0) is 14.8 Å². The van der Waals surface area contributed by atoms with Crippen molar-refractivity contribution in [1.82, 2.24) is 9.21 Å². The molecular weight excluding hydrogens is 390 g/mol. The van der Waals surface area contributed by atoms with Gasteiger partial charge in [-0.3, -0.25) is 9.59 Å². The van der Waals surface area contributed by atoms with Crippen molar-refractivity contribution in [2.75, 3.05) is 26.0 Å². The smallest absolute Gasteiger partial charge is 0.254 e. The monoisotopic (exact) mass is 417 g/mol. The molecule has 0 aliphatic rings. The van der Waals surface area contributed by atoms with Gasteiger partial charge < -0.3 is 10.2 Å². The molecule has 0 spiro atoms. The molecule has 156 valence electrons. The number of hydrogen-bond acceptors (Lipinski definition) is 4. The molecule has 8 heteroatoms. The van der Waals surface area contributed by atoms with Gasteiger partial charge in [-0.05, 0) is 57.2 Å². The van der Waals surface area contributed by atoms with Crippen LogP contribution in [0.25, 0.3) is 0 Å². The lowest BCUT2D eigenvalue weighted by atomic mass is 10.1. The number of sulfonamides is 1. The molecule has 0 saturated heterocycles. The number of anilines is 1. The van der Waals surface area contributed by atoms with Crippen LogP contribution in [0.2, 0.25) is 0 Å². The number of nitrogens with one attached hydrogen (secondary N) is 1. The molecule has 1 atom stereocenters. The van der Waals surface area contributed by atoms with E-state index < -0.39 is 16.1 Å². The number of aryl methyl sites for hydroxylation is 1. The highest BCUT2D eigenvalue weighted by Crippen LogP contribution is 2.17. The minimum atomic E-state index is -3.57. The van der Waals surface area contributed by atoms with Crippen LogP contribution in [0, 0.1) is 6.92 Å². The van der Waals surface area contributed by atoms with E-state index >= 15 is 0 Å². The highest BCUT2D eigenvalue weighted by Gasteiger charge is 2.26. The maximum Gasteiger partial charge on any atom is 0.254 e. The number of carbonyl (C=O) groups excluding carboxylic acids is 2. The number of hydrogen-bond donors (Lipinski definition) is 1. The molecule has 2 amide bonds. The average Bonchev–Trinajstić information content (AvgIpc) is 2.70. The Bertz CT molecular complexity index is 968. The summed E-state index contributed by atoms with van der Waals surface area (Å²) in [4.78, 5) is 27.1. The molecular formula is C21H27N3O4S. The normalized spacial score (nSPS) is 12.5. The van der Waals surface area contributed by atoms with E-state index in [4.69, 9.17) is 0 Å². The Labute approximate surface area is 172 Å². The van der Waals surface area contributed by atoms with Gasteiger partial charge in [-0.2, -0.15) is 0 Å². The van der Waals surface area contributed by atoms with Crippen molar-refractivity contribution in [3.8, 4) is 0 Å². The summed E-state index contributed by atoms with van der Waals surface area (Å²) in [5.74, 6) is -0.635. The molecule has 2 aromatic rings. The molecule has 0 aliphatic heterocycles. The molecule has 1 N–H and O–H groups in total. The van der Waals surface area contributed by atoms with E-state index in [0.717, 1.165) is 9.87 Å². The SMILES string of the molecule is CCN(C(=O)c1ccc(S(=O)(=O)N(C)C)cc1)[C@H](C)C(=O)Nc1ccc(C)cc1. The molecule has 2 rings (SSSR count). The van der Waals surface area contributed by atoms with Crippen LogP contribution in [0.3, 0.4) is 0 Å². The van der Waals surface area contributed by atoms with Gasteiger partial charge >= 0.3 is 0 Å². The first-order valence-corrected chi connectivity index (χ1v) is 10.7. The molecule has 0 bridgehead atoms. The first-order chi connectivity index (χ1) is 13.6. The van der Waals surface area contributed by atoms with Crippen LogP contribution in [-0.4, -0.2) is 56.1 Å². The summed E-state index contributed by atoms with van der Waals surface area (Å²) in [6.45, 7) is 5.74. The van der Waals surface area contributed by atoms with Gasteiger partial charge in [0.1, 0.15) is 6.04 Å². The lowest BCUT2D eigenvalue weighted by molar-refractivity contribution is -0.120. The van der Waals surface area contributed by atoms with E-state index in [2.05, 4.69) is 5.32 Å². The lowest BCUT2D eigenvalue weighted by Gasteiger charge is -2.27. The van der Waals surface area contributed by atoms with Gasteiger partial charge in [0.15, 0.2) is 0 Å². The van der Waals surface area contributed by atoms with Crippen LogP contribution < -0.4 is 5.32 Å². The summed E-state index contributed by atoms with van der Waals surface area (Å²) in [6, 6.07) is 12.4. The molecule has 0 aliphatic carbocycles. The number of likely N-dealkylation sites (N-methyl/N-ethyl adjacent to an activating group) is 1. The zero-order chi connectivity index (χ0) is 21.8. The van der Waals surface area contributed by atoms with Crippen molar-refractivity contribution in [3.63, 3.8) is 0 Å². The van der Waals surface area contributed by atoms with E-state index in [1.165, 1.54) is 43.3 Å². The molecule has 2 aromatic carbocycles. The van der Waals surface area contributed by atoms with Crippen LogP contribution in [0.4, 0.5) is 5.69 Å². The second-order valence-corrected chi connectivity index (χ2v) is 9.09. The Morgan fingerprint density at radius 2 is 1.55 bits per heavy atom. The summed E-state index contributed by atoms with van der Waals surface area (Å²) < 4.78 is 25.5. The lowest BCUT2D eigenvalue weighted by Crippen LogP contribution is -2.45. The number of benzene rings is 2. The first-order valence-electron chi connectivity index (χ1n) is 9.29. The highest BCUT2D eigenvalue weighted by molar-refractivity contribution is 7.89. The van der Waals surface area contributed by atoms with Gasteiger partial charge in [0.25, 0.3) is 5.91 Å². The number of rotatable bonds is 7. The zero-order valence-corrected chi connectivity index (χ0v) is 18.2. The molecule has 0 heterocycles. The van der Waals surface area contributed by atoms with Crippen molar-refractivity contribution in [2.45, 2.75) is 31.7 Å². The summed E-state index contributed by atoms with van der Waals surface area (Å²) in [7, 11) is -0.676. The van der Waals surface area contributed by atoms with E-state index in [-0.39, 0.29) is 16.7 Å². The fourth-order valence-corrected chi connectivity index (χ4v) is 3.67. The van der Waals surface area contributed by atoms with Crippen LogP contribution in [0.15, 0.2) is 53.4 Å². The summed E-state index contributed by atoms with van der Waals surface area (Å²) >= 11 is 0. The Kier molecular flexibility index (Phi) is 7.16. The van der Waals surface area contributed by atoms with Crippen molar-refractivity contribution < 1.29 is 18.0 Å². The average molecular weight is 418 g/mol. The Morgan fingerprint density at radius 3 is 2.03 bits per heavy atom. The Morgan fingerprint density at radius 1 is 1.00 bits per heavy atom. The molecule has 0 unspecified atom stereocenters. The third-order valence-corrected chi connectivity index (χ3v) is 6.48. The maximum atomic E-state index is 12.9. The Hall–Kier alpha value is -2.71.